The van der Waals surface area contributed by atoms with Crippen LogP contribution in [0.2, 0.25) is 0 Å². The first-order valence-electron chi connectivity index (χ1n) is 10.9. The van der Waals surface area contributed by atoms with E-state index < -0.39 is 39.9 Å². The number of nitrogens with zero attached hydrogens (tertiary/aromatic N) is 1. The Morgan fingerprint density at radius 3 is 2.14 bits per heavy atom. The maximum absolute atomic E-state index is 12.7. The number of esters is 2. The molecule has 3 aromatic rings. The van der Waals surface area contributed by atoms with E-state index in [0.717, 1.165) is 16.9 Å². The lowest BCUT2D eigenvalue weighted by molar-refractivity contribution is -0.142. The molecular weight excluding hydrogens is 470 g/mol. The van der Waals surface area contributed by atoms with Gasteiger partial charge in [-0.15, -0.1) is 0 Å². The second-order valence-corrected chi connectivity index (χ2v) is 10.2. The van der Waals surface area contributed by atoms with E-state index in [0.29, 0.717) is 16.8 Å². The van der Waals surface area contributed by atoms with Crippen LogP contribution in [0.3, 0.4) is 0 Å². The first-order chi connectivity index (χ1) is 16.5. The van der Waals surface area contributed by atoms with E-state index in [4.69, 9.17) is 9.47 Å². The number of aromatic nitrogens is 1. The lowest BCUT2D eigenvalue weighted by Crippen LogP contribution is -2.18. The molecule has 35 heavy (non-hydrogen) atoms. The van der Waals surface area contributed by atoms with Gasteiger partial charge in [0.05, 0.1) is 29.7 Å². The average molecular weight is 498 g/mol. The van der Waals surface area contributed by atoms with Crippen molar-refractivity contribution < 1.29 is 32.3 Å². The zero-order valence-corrected chi connectivity index (χ0v) is 20.8. The molecule has 1 aromatic heterocycles. The van der Waals surface area contributed by atoms with Crippen molar-refractivity contribution >= 4 is 27.6 Å². The summed E-state index contributed by atoms with van der Waals surface area (Å²) in [6.07, 6.45) is -0.352. The standard InChI is InChI=1S/C26H27NO7S/c1-17-5-11-22(12-6-17)35(31,32)14-13-25(29)34-16-24(28)23-15-18(2)27(19(23)3)21-9-7-20(8-10-21)26(30)33-4/h5-12,15H,13-14,16H2,1-4H3. The van der Waals surface area contributed by atoms with Crippen molar-refractivity contribution in [2.24, 2.45) is 0 Å². The molecule has 0 fully saturated rings. The quantitative estimate of drug-likeness (QED) is 0.327. The van der Waals surface area contributed by atoms with Crippen LogP contribution in [-0.4, -0.2) is 50.2 Å². The number of rotatable bonds is 9. The first kappa shape index (κ1) is 25.9. The third-order valence-corrected chi connectivity index (χ3v) is 7.33. The van der Waals surface area contributed by atoms with Crippen LogP contribution >= 0.6 is 0 Å². The molecule has 184 valence electrons. The van der Waals surface area contributed by atoms with Gasteiger partial charge in [0.1, 0.15) is 0 Å². The van der Waals surface area contributed by atoms with Crippen molar-refractivity contribution in [1.82, 2.24) is 4.57 Å². The monoisotopic (exact) mass is 497 g/mol. The number of aryl methyl sites for hydroxylation is 2. The van der Waals surface area contributed by atoms with E-state index >= 15 is 0 Å². The minimum Gasteiger partial charge on any atom is -0.465 e. The number of benzene rings is 2. The normalized spacial score (nSPS) is 11.2. The number of hydrogen-bond acceptors (Lipinski definition) is 7. The van der Waals surface area contributed by atoms with Gasteiger partial charge in [-0.05, 0) is 63.2 Å². The van der Waals surface area contributed by atoms with Gasteiger partial charge in [0.2, 0.25) is 5.78 Å². The van der Waals surface area contributed by atoms with Crippen LogP contribution in [0, 0.1) is 20.8 Å². The van der Waals surface area contributed by atoms with Crippen LogP contribution in [0.15, 0.2) is 59.5 Å². The molecule has 0 aliphatic carbocycles. The summed E-state index contributed by atoms with van der Waals surface area (Å²) in [5, 5.41) is 0. The minimum atomic E-state index is -3.63. The van der Waals surface area contributed by atoms with Gasteiger partial charge in [-0.2, -0.15) is 0 Å². The Morgan fingerprint density at radius 1 is 0.914 bits per heavy atom. The van der Waals surface area contributed by atoms with E-state index in [1.807, 2.05) is 18.4 Å². The Balaban J connectivity index is 1.63. The highest BCUT2D eigenvalue weighted by Crippen LogP contribution is 2.22. The van der Waals surface area contributed by atoms with E-state index in [1.54, 1.807) is 49.4 Å². The zero-order valence-electron chi connectivity index (χ0n) is 20.0. The van der Waals surface area contributed by atoms with Gasteiger partial charge in [-0.1, -0.05) is 17.7 Å². The van der Waals surface area contributed by atoms with Crippen LogP contribution in [0.5, 0.6) is 0 Å². The summed E-state index contributed by atoms with van der Waals surface area (Å²) >= 11 is 0. The SMILES string of the molecule is COC(=O)c1ccc(-n2c(C)cc(C(=O)COC(=O)CCS(=O)(=O)c3ccc(C)cc3)c2C)cc1. The summed E-state index contributed by atoms with van der Waals surface area (Å²) in [5.74, 6) is -2.01. The molecule has 1 heterocycles. The van der Waals surface area contributed by atoms with Gasteiger partial charge in [0.15, 0.2) is 16.4 Å². The Morgan fingerprint density at radius 2 is 1.54 bits per heavy atom. The van der Waals surface area contributed by atoms with Crippen LogP contribution < -0.4 is 0 Å². The van der Waals surface area contributed by atoms with Crippen molar-refractivity contribution in [2.45, 2.75) is 32.1 Å². The Bertz CT molecular complexity index is 1350. The molecule has 2 aromatic carbocycles. The predicted octanol–water partition coefficient (Wildman–Crippen LogP) is 3.78. The summed E-state index contributed by atoms with van der Waals surface area (Å²) < 4.78 is 36.4. The van der Waals surface area contributed by atoms with Crippen LogP contribution in [0.1, 0.15) is 44.1 Å². The van der Waals surface area contributed by atoms with Gasteiger partial charge in [-0.3, -0.25) is 9.59 Å². The molecule has 9 heteroatoms. The molecule has 0 bridgehead atoms. The molecule has 0 aliphatic rings. The molecule has 0 saturated heterocycles. The largest absolute Gasteiger partial charge is 0.465 e. The molecule has 0 aliphatic heterocycles. The van der Waals surface area contributed by atoms with E-state index in [9.17, 15) is 22.8 Å². The van der Waals surface area contributed by atoms with Crippen molar-refractivity contribution in [3.05, 3.63) is 82.7 Å². The van der Waals surface area contributed by atoms with E-state index in [1.165, 1.54) is 19.2 Å². The Kier molecular flexibility index (Phi) is 7.91. The van der Waals surface area contributed by atoms with Gasteiger partial charge in [0, 0.05) is 22.6 Å². The number of Topliss-reactive ketones (excluding diaryl/α,β-unsaturated/α-hetero) is 1. The fraction of sp³-hybridized carbons (Fsp3) is 0.269. The van der Waals surface area contributed by atoms with Crippen LogP contribution in [-0.2, 0) is 24.1 Å². The first-order valence-corrected chi connectivity index (χ1v) is 12.5. The highest BCUT2D eigenvalue weighted by molar-refractivity contribution is 7.91. The second-order valence-electron chi connectivity index (χ2n) is 8.12. The topological polar surface area (TPSA) is 109 Å². The molecule has 0 radical (unpaired) electrons. The van der Waals surface area contributed by atoms with Crippen molar-refractivity contribution in [3.8, 4) is 5.69 Å². The molecular formula is C26H27NO7S. The van der Waals surface area contributed by atoms with Crippen LogP contribution in [0.25, 0.3) is 5.69 Å². The van der Waals surface area contributed by atoms with E-state index in [2.05, 4.69) is 0 Å². The fourth-order valence-corrected chi connectivity index (χ4v) is 4.91. The number of sulfone groups is 1. The van der Waals surface area contributed by atoms with Gasteiger partial charge >= 0.3 is 11.9 Å². The van der Waals surface area contributed by atoms with Gasteiger partial charge in [0.25, 0.3) is 0 Å². The molecule has 3 rings (SSSR count). The predicted molar refractivity (Wildman–Crippen MR) is 130 cm³/mol. The third-order valence-electron chi connectivity index (χ3n) is 5.60. The summed E-state index contributed by atoms with van der Waals surface area (Å²) in [4.78, 5) is 36.6. The highest BCUT2D eigenvalue weighted by Gasteiger charge is 2.20. The zero-order chi connectivity index (χ0) is 25.8. The molecule has 0 N–H and O–H groups in total. The lowest BCUT2D eigenvalue weighted by atomic mass is 10.1. The maximum Gasteiger partial charge on any atom is 0.337 e. The van der Waals surface area contributed by atoms with E-state index in [-0.39, 0.29) is 11.3 Å². The summed E-state index contributed by atoms with van der Waals surface area (Å²) in [6, 6.07) is 14.8. The van der Waals surface area contributed by atoms with Gasteiger partial charge in [-0.25, -0.2) is 13.2 Å². The van der Waals surface area contributed by atoms with Crippen LogP contribution in [0.4, 0.5) is 0 Å². The maximum atomic E-state index is 12.7. The Labute approximate surface area is 204 Å². The number of carbonyl (C=O) groups is 3. The minimum absolute atomic E-state index is 0.138. The van der Waals surface area contributed by atoms with Crippen molar-refractivity contribution in [3.63, 3.8) is 0 Å². The molecule has 0 spiro atoms. The number of carbonyl (C=O) groups excluding carboxylic acids is 3. The number of ketones is 1. The number of ether oxygens (including phenoxy) is 2. The van der Waals surface area contributed by atoms with Crippen molar-refractivity contribution in [2.75, 3.05) is 19.5 Å². The third kappa shape index (κ3) is 6.05. The number of hydrogen-bond donors (Lipinski definition) is 0. The second kappa shape index (κ2) is 10.7. The molecule has 0 amide bonds. The van der Waals surface area contributed by atoms with Gasteiger partial charge < -0.3 is 14.0 Å². The highest BCUT2D eigenvalue weighted by atomic mass is 32.2. The fourth-order valence-electron chi connectivity index (χ4n) is 3.68. The lowest BCUT2D eigenvalue weighted by Gasteiger charge is -2.11. The summed E-state index contributed by atoms with van der Waals surface area (Å²) in [6.45, 7) is 4.96. The summed E-state index contributed by atoms with van der Waals surface area (Å²) in [5.41, 5.74) is 3.92. The average Bonchev–Trinajstić information content (AvgIpc) is 3.14. The summed E-state index contributed by atoms with van der Waals surface area (Å²) in [7, 11) is -2.32. The number of methoxy groups -OCH3 is 1. The Hall–Kier alpha value is -3.72. The molecule has 0 unspecified atom stereocenters. The smallest absolute Gasteiger partial charge is 0.337 e. The molecule has 0 atom stereocenters. The molecule has 8 nitrogen and oxygen atoms in total. The van der Waals surface area contributed by atoms with Crippen molar-refractivity contribution in [1.29, 1.82) is 0 Å². The molecule has 0 saturated carbocycles.